The molecule has 1 N–H and O–H groups in total. The largest absolute Gasteiger partial charge is 0.490 e. The molecule has 0 bridgehead atoms. The van der Waals surface area contributed by atoms with Crippen LogP contribution in [0.1, 0.15) is 29.5 Å². The fourth-order valence-electron chi connectivity index (χ4n) is 3.80. The summed E-state index contributed by atoms with van der Waals surface area (Å²) in [6.45, 7) is 6.79. The first kappa shape index (κ1) is 22.2. The van der Waals surface area contributed by atoms with E-state index in [9.17, 15) is 9.18 Å². The maximum atomic E-state index is 13.2. The Balaban J connectivity index is 1.45. The van der Waals surface area contributed by atoms with Crippen LogP contribution in [0.25, 0.3) is 0 Å². The lowest BCUT2D eigenvalue weighted by Crippen LogP contribution is -2.51. The number of ether oxygens (including phenoxy) is 2. The second kappa shape index (κ2) is 10.0. The first-order valence-corrected chi connectivity index (χ1v) is 10.4. The third kappa shape index (κ3) is 6.03. The minimum atomic E-state index is -0.341. The summed E-state index contributed by atoms with van der Waals surface area (Å²) in [5.74, 6) is 0.531. The summed E-state index contributed by atoms with van der Waals surface area (Å²) in [4.78, 5) is 14.4. The van der Waals surface area contributed by atoms with Crippen LogP contribution >= 0.6 is 0 Å². The topological polar surface area (TPSA) is 50.8 Å². The number of carbonyl (C=O) groups is 1. The molecule has 0 aromatic heterocycles. The average molecular weight is 415 g/mol. The molecule has 3 rings (SSSR count). The van der Waals surface area contributed by atoms with Crippen molar-refractivity contribution in [3.05, 3.63) is 65.0 Å². The van der Waals surface area contributed by atoms with E-state index in [1.54, 1.807) is 19.2 Å². The van der Waals surface area contributed by atoms with Crippen LogP contribution in [0, 0.1) is 19.7 Å². The lowest BCUT2D eigenvalue weighted by molar-refractivity contribution is -0.125. The number of hydrogen-bond acceptors (Lipinski definition) is 4. The van der Waals surface area contributed by atoms with E-state index in [0.29, 0.717) is 19.7 Å². The van der Waals surface area contributed by atoms with E-state index < -0.39 is 0 Å². The molecule has 0 atom stereocenters. The number of halogens is 1. The number of methoxy groups -OCH3 is 1. The Hall–Kier alpha value is -2.44. The molecule has 0 saturated carbocycles. The van der Waals surface area contributed by atoms with Gasteiger partial charge in [0.15, 0.2) is 0 Å². The predicted octanol–water partition coefficient (Wildman–Crippen LogP) is 3.62. The Labute approximate surface area is 178 Å². The van der Waals surface area contributed by atoms with Crippen molar-refractivity contribution in [2.45, 2.75) is 38.8 Å². The molecule has 1 aliphatic rings. The number of nitrogens with zero attached hydrogens (tertiary/aromatic N) is 1. The van der Waals surface area contributed by atoms with Gasteiger partial charge in [0, 0.05) is 26.7 Å². The van der Waals surface area contributed by atoms with Crippen LogP contribution < -0.4 is 10.1 Å². The maximum absolute atomic E-state index is 13.2. The number of likely N-dealkylation sites (tertiary alicyclic amines) is 1. The SMILES string of the molecule is COC1(COc2ccc(C)cc2C)CCN(CC(=O)NCc2cccc(F)c2)CC1. The summed E-state index contributed by atoms with van der Waals surface area (Å²) in [5, 5.41) is 2.86. The summed E-state index contributed by atoms with van der Waals surface area (Å²) in [6.07, 6.45) is 1.59. The summed E-state index contributed by atoms with van der Waals surface area (Å²) in [5.41, 5.74) is 2.74. The van der Waals surface area contributed by atoms with Crippen LogP contribution in [-0.2, 0) is 16.1 Å². The normalized spacial score (nSPS) is 16.3. The molecule has 2 aromatic carbocycles. The standard InChI is InChI=1S/C24H31FN2O3/c1-18-7-8-22(19(2)13-18)30-17-24(29-3)9-11-27(12-10-24)16-23(28)26-15-20-5-4-6-21(25)14-20/h4-8,13-14H,9-12,15-17H2,1-3H3,(H,26,28). The van der Waals surface area contributed by atoms with Gasteiger partial charge in [0.05, 0.1) is 6.54 Å². The van der Waals surface area contributed by atoms with E-state index in [-0.39, 0.29) is 17.3 Å². The maximum Gasteiger partial charge on any atom is 0.234 e. The minimum absolute atomic E-state index is 0.0595. The average Bonchev–Trinajstić information content (AvgIpc) is 2.73. The molecular weight excluding hydrogens is 383 g/mol. The molecule has 30 heavy (non-hydrogen) atoms. The molecule has 1 fully saturated rings. The number of amides is 1. The Morgan fingerprint density at radius 2 is 1.93 bits per heavy atom. The van der Waals surface area contributed by atoms with Crippen LogP contribution in [0.15, 0.2) is 42.5 Å². The summed E-state index contributed by atoms with van der Waals surface area (Å²) in [7, 11) is 1.73. The number of aryl methyl sites for hydroxylation is 2. The van der Waals surface area contributed by atoms with Crippen LogP contribution in [0.4, 0.5) is 4.39 Å². The van der Waals surface area contributed by atoms with Gasteiger partial charge in [0.2, 0.25) is 5.91 Å². The molecule has 0 spiro atoms. The van der Waals surface area contributed by atoms with Gasteiger partial charge < -0.3 is 14.8 Å². The van der Waals surface area contributed by atoms with Crippen molar-refractivity contribution < 1.29 is 18.7 Å². The monoisotopic (exact) mass is 414 g/mol. The number of carbonyl (C=O) groups excluding carboxylic acids is 1. The van der Waals surface area contributed by atoms with Crippen molar-refractivity contribution in [1.82, 2.24) is 10.2 Å². The molecule has 5 nitrogen and oxygen atoms in total. The van der Waals surface area contributed by atoms with Crippen LogP contribution in [0.5, 0.6) is 5.75 Å². The van der Waals surface area contributed by atoms with Gasteiger partial charge in [-0.15, -0.1) is 0 Å². The molecule has 0 radical (unpaired) electrons. The van der Waals surface area contributed by atoms with Crippen molar-refractivity contribution >= 4 is 5.91 Å². The zero-order valence-corrected chi connectivity index (χ0v) is 18.0. The van der Waals surface area contributed by atoms with Crippen molar-refractivity contribution in [2.24, 2.45) is 0 Å². The highest BCUT2D eigenvalue weighted by molar-refractivity contribution is 5.78. The molecule has 1 saturated heterocycles. The van der Waals surface area contributed by atoms with Crippen molar-refractivity contribution in [2.75, 3.05) is 33.4 Å². The van der Waals surface area contributed by atoms with Crippen molar-refractivity contribution in [1.29, 1.82) is 0 Å². The molecule has 1 aliphatic heterocycles. The van der Waals surface area contributed by atoms with Gasteiger partial charge in [-0.25, -0.2) is 4.39 Å². The third-order valence-electron chi connectivity index (χ3n) is 5.77. The molecule has 1 heterocycles. The lowest BCUT2D eigenvalue weighted by atomic mass is 9.92. The summed E-state index contributed by atoms with van der Waals surface area (Å²) >= 11 is 0. The Morgan fingerprint density at radius 3 is 2.60 bits per heavy atom. The van der Waals surface area contributed by atoms with E-state index in [1.165, 1.54) is 17.7 Å². The van der Waals surface area contributed by atoms with Gasteiger partial charge in [-0.05, 0) is 56.0 Å². The van der Waals surface area contributed by atoms with E-state index in [1.807, 2.05) is 19.1 Å². The molecular formula is C24H31FN2O3. The Bertz CT molecular complexity index is 863. The van der Waals surface area contributed by atoms with Gasteiger partial charge in [0.1, 0.15) is 23.8 Å². The highest BCUT2D eigenvalue weighted by atomic mass is 19.1. The summed E-state index contributed by atoms with van der Waals surface area (Å²) in [6, 6.07) is 12.4. The predicted molar refractivity (Wildman–Crippen MR) is 115 cm³/mol. The number of piperidine rings is 1. The fraction of sp³-hybridized carbons (Fsp3) is 0.458. The first-order chi connectivity index (χ1) is 14.4. The highest BCUT2D eigenvalue weighted by Crippen LogP contribution is 2.28. The molecule has 0 aliphatic carbocycles. The Kier molecular flexibility index (Phi) is 7.45. The van der Waals surface area contributed by atoms with Gasteiger partial charge in [-0.3, -0.25) is 9.69 Å². The quantitative estimate of drug-likeness (QED) is 0.717. The number of rotatable bonds is 8. The zero-order valence-electron chi connectivity index (χ0n) is 18.0. The Morgan fingerprint density at radius 1 is 1.17 bits per heavy atom. The van der Waals surface area contributed by atoms with Crippen LogP contribution in [0.2, 0.25) is 0 Å². The smallest absolute Gasteiger partial charge is 0.234 e. The van der Waals surface area contributed by atoms with Gasteiger partial charge in [0.25, 0.3) is 0 Å². The van der Waals surface area contributed by atoms with Crippen LogP contribution in [0.3, 0.4) is 0 Å². The highest BCUT2D eigenvalue weighted by Gasteiger charge is 2.36. The van der Waals surface area contributed by atoms with E-state index in [2.05, 4.69) is 23.2 Å². The van der Waals surface area contributed by atoms with Crippen LogP contribution in [-0.4, -0.2) is 49.8 Å². The van der Waals surface area contributed by atoms with Gasteiger partial charge in [-0.1, -0.05) is 29.8 Å². The van der Waals surface area contributed by atoms with Crippen molar-refractivity contribution in [3.8, 4) is 5.75 Å². The summed E-state index contributed by atoms with van der Waals surface area (Å²) < 4.78 is 25.2. The van der Waals surface area contributed by atoms with Gasteiger partial charge >= 0.3 is 0 Å². The molecule has 0 unspecified atom stereocenters. The van der Waals surface area contributed by atoms with E-state index in [0.717, 1.165) is 42.8 Å². The number of benzene rings is 2. The second-order valence-corrected chi connectivity index (χ2v) is 8.13. The number of nitrogens with one attached hydrogen (secondary N) is 1. The second-order valence-electron chi connectivity index (χ2n) is 8.13. The molecule has 162 valence electrons. The lowest BCUT2D eigenvalue weighted by Gasteiger charge is -2.40. The van der Waals surface area contributed by atoms with Gasteiger partial charge in [-0.2, -0.15) is 0 Å². The molecule has 1 amide bonds. The first-order valence-electron chi connectivity index (χ1n) is 10.4. The fourth-order valence-corrected chi connectivity index (χ4v) is 3.80. The number of hydrogen-bond donors (Lipinski definition) is 1. The zero-order chi connectivity index (χ0) is 21.6. The third-order valence-corrected chi connectivity index (χ3v) is 5.77. The minimum Gasteiger partial charge on any atom is -0.490 e. The van der Waals surface area contributed by atoms with E-state index in [4.69, 9.17) is 9.47 Å². The molecule has 6 heteroatoms. The molecule has 2 aromatic rings. The van der Waals surface area contributed by atoms with E-state index >= 15 is 0 Å². The van der Waals surface area contributed by atoms with Crippen molar-refractivity contribution in [3.63, 3.8) is 0 Å².